The second-order valence-corrected chi connectivity index (χ2v) is 7.64. The number of aromatic nitrogens is 2. The number of nitrogens with zero attached hydrogens (tertiary/aromatic N) is 3. The fraction of sp³-hybridized carbons (Fsp3) is 0.292. The van der Waals surface area contributed by atoms with E-state index in [2.05, 4.69) is 22.1 Å². The summed E-state index contributed by atoms with van der Waals surface area (Å²) in [7, 11) is 0. The van der Waals surface area contributed by atoms with Crippen molar-refractivity contribution < 1.29 is 9.18 Å². The maximum Gasteiger partial charge on any atom is 0.256 e. The minimum atomic E-state index is -0.295. The van der Waals surface area contributed by atoms with Crippen molar-refractivity contribution in [3.63, 3.8) is 0 Å². The summed E-state index contributed by atoms with van der Waals surface area (Å²) in [5.41, 5.74) is 2.21. The van der Waals surface area contributed by atoms with Gasteiger partial charge in [-0.3, -0.25) is 4.79 Å². The van der Waals surface area contributed by atoms with Gasteiger partial charge in [-0.05, 0) is 43.9 Å². The molecule has 1 saturated heterocycles. The highest BCUT2D eigenvalue weighted by atomic mass is 19.1. The fourth-order valence-corrected chi connectivity index (χ4v) is 3.77. The molecule has 0 saturated carbocycles. The number of carbonyl (C=O) groups is 1. The van der Waals surface area contributed by atoms with Crippen molar-refractivity contribution in [2.75, 3.05) is 11.4 Å². The highest BCUT2D eigenvalue weighted by Crippen LogP contribution is 2.28. The summed E-state index contributed by atoms with van der Waals surface area (Å²) in [6.45, 7) is 3.35. The Hall–Kier alpha value is -3.28. The summed E-state index contributed by atoms with van der Waals surface area (Å²) < 4.78 is 13.1. The number of rotatable bonds is 5. The number of nitrogens with one attached hydrogen (secondary N) is 1. The third kappa shape index (κ3) is 4.48. The van der Waals surface area contributed by atoms with Crippen LogP contribution < -0.4 is 10.2 Å². The Labute approximate surface area is 176 Å². The van der Waals surface area contributed by atoms with Gasteiger partial charge in [0.05, 0.1) is 0 Å². The number of hydrogen-bond donors (Lipinski definition) is 1. The summed E-state index contributed by atoms with van der Waals surface area (Å²) >= 11 is 0. The largest absolute Gasteiger partial charge is 0.353 e. The highest BCUT2D eigenvalue weighted by Gasteiger charge is 2.26. The molecule has 0 radical (unpaired) electrons. The summed E-state index contributed by atoms with van der Waals surface area (Å²) in [4.78, 5) is 24.5. The predicted molar refractivity (Wildman–Crippen MR) is 116 cm³/mol. The van der Waals surface area contributed by atoms with Crippen molar-refractivity contribution in [3.05, 3.63) is 77.7 Å². The van der Waals surface area contributed by atoms with Gasteiger partial charge in [-0.1, -0.05) is 42.5 Å². The molecule has 2 aromatic carbocycles. The molecular formula is C24H25FN4O. The van der Waals surface area contributed by atoms with Crippen molar-refractivity contribution >= 4 is 11.7 Å². The lowest BCUT2D eigenvalue weighted by molar-refractivity contribution is 0.0950. The zero-order chi connectivity index (χ0) is 20.9. The van der Waals surface area contributed by atoms with Crippen molar-refractivity contribution in [2.45, 2.75) is 38.8 Å². The lowest BCUT2D eigenvalue weighted by Crippen LogP contribution is -2.40. The highest BCUT2D eigenvalue weighted by molar-refractivity contribution is 5.99. The van der Waals surface area contributed by atoms with Crippen LogP contribution in [0.4, 0.5) is 10.2 Å². The second-order valence-electron chi connectivity index (χ2n) is 7.64. The van der Waals surface area contributed by atoms with E-state index in [1.165, 1.54) is 18.6 Å². The van der Waals surface area contributed by atoms with Gasteiger partial charge < -0.3 is 10.2 Å². The van der Waals surface area contributed by atoms with E-state index >= 15 is 0 Å². The number of piperidine rings is 1. The quantitative estimate of drug-likeness (QED) is 0.676. The van der Waals surface area contributed by atoms with E-state index in [0.717, 1.165) is 30.5 Å². The first-order valence-corrected chi connectivity index (χ1v) is 10.3. The molecule has 2 heterocycles. The predicted octanol–water partition coefficient (Wildman–Crippen LogP) is 4.59. The minimum Gasteiger partial charge on any atom is -0.353 e. The summed E-state index contributed by atoms with van der Waals surface area (Å²) in [5.74, 6) is 0.758. The van der Waals surface area contributed by atoms with Crippen LogP contribution in [0.15, 0.2) is 60.8 Å². The molecule has 1 aliphatic heterocycles. The van der Waals surface area contributed by atoms with Crippen LogP contribution in [-0.2, 0) is 6.54 Å². The number of carbonyl (C=O) groups excluding carboxylic acids is 1. The topological polar surface area (TPSA) is 58.1 Å². The van der Waals surface area contributed by atoms with Crippen LogP contribution in [-0.4, -0.2) is 28.5 Å². The van der Waals surface area contributed by atoms with Gasteiger partial charge in [0.1, 0.15) is 17.2 Å². The van der Waals surface area contributed by atoms with E-state index in [0.29, 0.717) is 29.8 Å². The van der Waals surface area contributed by atoms with Gasteiger partial charge in [-0.2, -0.15) is 0 Å². The molecule has 30 heavy (non-hydrogen) atoms. The molecule has 6 heteroatoms. The van der Waals surface area contributed by atoms with Gasteiger partial charge in [0.15, 0.2) is 5.82 Å². The number of amides is 1. The Morgan fingerprint density at radius 1 is 1.13 bits per heavy atom. The van der Waals surface area contributed by atoms with Crippen LogP contribution in [0, 0.1) is 5.82 Å². The molecule has 0 unspecified atom stereocenters. The molecule has 4 rings (SSSR count). The molecule has 1 N–H and O–H groups in total. The molecule has 154 valence electrons. The monoisotopic (exact) mass is 404 g/mol. The molecule has 1 aromatic heterocycles. The zero-order valence-electron chi connectivity index (χ0n) is 17.0. The average Bonchev–Trinajstić information content (AvgIpc) is 2.79. The normalized spacial score (nSPS) is 16.3. The SMILES string of the molecule is C[C@H]1CCCCN1c1nc(-c2ccccc2)ncc1C(=O)NCc1ccc(F)cc1. The van der Waals surface area contributed by atoms with Crippen molar-refractivity contribution in [2.24, 2.45) is 0 Å². The number of anilines is 1. The smallest absolute Gasteiger partial charge is 0.256 e. The van der Waals surface area contributed by atoms with E-state index in [9.17, 15) is 9.18 Å². The van der Waals surface area contributed by atoms with Gasteiger partial charge in [0, 0.05) is 30.9 Å². The van der Waals surface area contributed by atoms with Crippen LogP contribution in [0.2, 0.25) is 0 Å². The standard InChI is InChI=1S/C24H25FN4O/c1-17-7-5-6-14-29(17)23-21(16-26-22(28-23)19-8-3-2-4-9-19)24(30)27-15-18-10-12-20(25)13-11-18/h2-4,8-13,16-17H,5-7,14-15H2,1H3,(H,27,30)/t17-/m0/s1. The van der Waals surface area contributed by atoms with Gasteiger partial charge in [-0.25, -0.2) is 14.4 Å². The van der Waals surface area contributed by atoms with E-state index < -0.39 is 0 Å². The first-order chi connectivity index (χ1) is 14.6. The van der Waals surface area contributed by atoms with Crippen LogP contribution in [0.3, 0.4) is 0 Å². The van der Waals surface area contributed by atoms with Crippen molar-refractivity contribution in [1.82, 2.24) is 15.3 Å². The van der Waals surface area contributed by atoms with Gasteiger partial charge in [-0.15, -0.1) is 0 Å². The van der Waals surface area contributed by atoms with Crippen molar-refractivity contribution in [1.29, 1.82) is 0 Å². The molecule has 1 fully saturated rings. The molecule has 0 spiro atoms. The van der Waals surface area contributed by atoms with Crippen LogP contribution >= 0.6 is 0 Å². The Morgan fingerprint density at radius 3 is 2.63 bits per heavy atom. The van der Waals surface area contributed by atoms with Gasteiger partial charge in [0.25, 0.3) is 5.91 Å². The number of hydrogen-bond acceptors (Lipinski definition) is 4. The molecule has 3 aromatic rings. The molecule has 1 amide bonds. The Kier molecular flexibility index (Phi) is 6.02. The Bertz CT molecular complexity index is 1010. The Balaban J connectivity index is 1.63. The summed E-state index contributed by atoms with van der Waals surface area (Å²) in [6, 6.07) is 16.2. The van der Waals surface area contributed by atoms with E-state index in [1.54, 1.807) is 18.3 Å². The molecule has 1 atom stereocenters. The molecule has 5 nitrogen and oxygen atoms in total. The summed E-state index contributed by atoms with van der Waals surface area (Å²) in [6.07, 6.45) is 4.94. The van der Waals surface area contributed by atoms with Gasteiger partial charge >= 0.3 is 0 Å². The van der Waals surface area contributed by atoms with Gasteiger partial charge in [0.2, 0.25) is 0 Å². The first-order valence-electron chi connectivity index (χ1n) is 10.3. The maximum atomic E-state index is 13.1. The molecule has 1 aliphatic rings. The molecule has 0 aliphatic carbocycles. The molecular weight excluding hydrogens is 379 g/mol. The van der Waals surface area contributed by atoms with E-state index in [1.807, 2.05) is 30.3 Å². The third-order valence-electron chi connectivity index (χ3n) is 5.49. The van der Waals surface area contributed by atoms with Crippen LogP contribution in [0.5, 0.6) is 0 Å². The number of halogens is 1. The van der Waals surface area contributed by atoms with Crippen LogP contribution in [0.1, 0.15) is 42.1 Å². The Morgan fingerprint density at radius 2 is 1.90 bits per heavy atom. The fourth-order valence-electron chi connectivity index (χ4n) is 3.77. The summed E-state index contributed by atoms with van der Waals surface area (Å²) in [5, 5.41) is 2.92. The second kappa shape index (κ2) is 9.03. The van der Waals surface area contributed by atoms with E-state index in [4.69, 9.17) is 4.98 Å². The first kappa shape index (κ1) is 20.0. The third-order valence-corrected chi connectivity index (χ3v) is 5.49. The zero-order valence-corrected chi connectivity index (χ0v) is 17.0. The number of benzene rings is 2. The van der Waals surface area contributed by atoms with Crippen LogP contribution in [0.25, 0.3) is 11.4 Å². The molecule has 0 bridgehead atoms. The average molecular weight is 404 g/mol. The minimum absolute atomic E-state index is 0.230. The lowest BCUT2D eigenvalue weighted by atomic mass is 10.0. The van der Waals surface area contributed by atoms with Crippen molar-refractivity contribution in [3.8, 4) is 11.4 Å². The maximum absolute atomic E-state index is 13.1. The lowest BCUT2D eigenvalue weighted by Gasteiger charge is -2.35. The van der Waals surface area contributed by atoms with E-state index in [-0.39, 0.29) is 11.7 Å².